The number of hydrogen-bond donors (Lipinski definition) is 0. The van der Waals surface area contributed by atoms with Crippen LogP contribution in [0.5, 0.6) is 0 Å². The summed E-state index contributed by atoms with van der Waals surface area (Å²) >= 11 is 1.46. The van der Waals surface area contributed by atoms with Gasteiger partial charge in [0.25, 0.3) is 0 Å². The number of carbonyl (C=O) groups is 3. The zero-order valence-corrected chi connectivity index (χ0v) is 19.6. The Bertz CT molecular complexity index is 663. The summed E-state index contributed by atoms with van der Waals surface area (Å²) in [6.07, 6.45) is 17.5. The van der Waals surface area contributed by atoms with Crippen molar-refractivity contribution in [3.8, 4) is 0 Å². The number of unbranched alkanes of at least 4 members (excludes halogenated alkanes) is 5. The van der Waals surface area contributed by atoms with Gasteiger partial charge in [0, 0.05) is 24.8 Å². The molecule has 30 heavy (non-hydrogen) atoms. The standard InChI is InChI=1S/C24H36O5S/c1-5-6-9-12-20(29-18(2)25)16-15-19-17-22(30-4)24(27)21(19)13-10-7-8-11-14-23(26)28-3/h13,15-17,19-20H,5-12,14H2,1-4H3. The number of rotatable bonds is 14. The Hall–Kier alpha value is -1.82. The van der Waals surface area contributed by atoms with Crippen molar-refractivity contribution in [2.75, 3.05) is 13.4 Å². The van der Waals surface area contributed by atoms with Gasteiger partial charge in [0.1, 0.15) is 6.10 Å². The van der Waals surface area contributed by atoms with E-state index >= 15 is 0 Å². The van der Waals surface area contributed by atoms with Gasteiger partial charge in [-0.1, -0.05) is 44.4 Å². The lowest BCUT2D eigenvalue weighted by atomic mass is 9.98. The van der Waals surface area contributed by atoms with Gasteiger partial charge in [-0.3, -0.25) is 14.4 Å². The van der Waals surface area contributed by atoms with Gasteiger partial charge in [0.15, 0.2) is 5.78 Å². The Morgan fingerprint density at radius 3 is 2.60 bits per heavy atom. The number of methoxy groups -OCH3 is 1. The van der Waals surface area contributed by atoms with Crippen LogP contribution >= 0.6 is 11.8 Å². The normalized spacial score (nSPS) is 18.7. The van der Waals surface area contributed by atoms with Crippen LogP contribution in [0.1, 0.15) is 71.6 Å². The molecule has 1 aliphatic rings. The highest BCUT2D eigenvalue weighted by atomic mass is 32.2. The summed E-state index contributed by atoms with van der Waals surface area (Å²) in [5.74, 6) is -0.465. The van der Waals surface area contributed by atoms with Gasteiger partial charge in [-0.15, -0.1) is 11.8 Å². The van der Waals surface area contributed by atoms with E-state index in [0.717, 1.165) is 61.8 Å². The van der Waals surface area contributed by atoms with Crippen molar-refractivity contribution in [2.45, 2.75) is 77.7 Å². The number of ketones is 1. The number of thioether (sulfide) groups is 1. The van der Waals surface area contributed by atoms with Crippen LogP contribution in [0, 0.1) is 5.92 Å². The van der Waals surface area contributed by atoms with Crippen LogP contribution < -0.4 is 0 Å². The first-order valence-electron chi connectivity index (χ1n) is 10.9. The first-order valence-corrected chi connectivity index (χ1v) is 12.1. The maximum absolute atomic E-state index is 12.7. The number of esters is 2. The smallest absolute Gasteiger partial charge is 0.305 e. The zero-order chi connectivity index (χ0) is 22.4. The van der Waals surface area contributed by atoms with Crippen LogP contribution in [0.25, 0.3) is 0 Å². The quantitative estimate of drug-likeness (QED) is 0.154. The minimum atomic E-state index is -0.285. The molecule has 2 unspecified atom stereocenters. The fraction of sp³-hybridized carbons (Fsp3) is 0.625. The summed E-state index contributed by atoms with van der Waals surface area (Å²) in [6.45, 7) is 3.57. The van der Waals surface area contributed by atoms with Gasteiger partial charge >= 0.3 is 11.9 Å². The van der Waals surface area contributed by atoms with Crippen molar-refractivity contribution in [3.63, 3.8) is 0 Å². The fourth-order valence-electron chi connectivity index (χ4n) is 3.37. The lowest BCUT2D eigenvalue weighted by Crippen LogP contribution is -2.14. The topological polar surface area (TPSA) is 69.7 Å². The molecular weight excluding hydrogens is 400 g/mol. The highest BCUT2D eigenvalue weighted by Crippen LogP contribution is 2.34. The average Bonchev–Trinajstić information content (AvgIpc) is 3.02. The monoisotopic (exact) mass is 436 g/mol. The van der Waals surface area contributed by atoms with Crippen molar-refractivity contribution in [3.05, 3.63) is 34.8 Å². The van der Waals surface area contributed by atoms with Gasteiger partial charge in [-0.25, -0.2) is 0 Å². The van der Waals surface area contributed by atoms with E-state index in [4.69, 9.17) is 4.74 Å². The summed E-state index contributed by atoms with van der Waals surface area (Å²) in [6, 6.07) is 0. The summed E-state index contributed by atoms with van der Waals surface area (Å²) in [4.78, 5) is 36.0. The second kappa shape index (κ2) is 15.1. The molecule has 5 nitrogen and oxygen atoms in total. The number of allylic oxidation sites excluding steroid dienone is 5. The van der Waals surface area contributed by atoms with E-state index in [2.05, 4.69) is 11.7 Å². The van der Waals surface area contributed by atoms with Crippen LogP contribution in [-0.2, 0) is 23.9 Å². The zero-order valence-electron chi connectivity index (χ0n) is 18.8. The summed E-state index contributed by atoms with van der Waals surface area (Å²) < 4.78 is 10.1. The van der Waals surface area contributed by atoms with Crippen molar-refractivity contribution in [1.29, 1.82) is 0 Å². The van der Waals surface area contributed by atoms with E-state index in [1.165, 1.54) is 25.8 Å². The Labute approximate surface area is 185 Å². The Balaban J connectivity index is 2.72. The van der Waals surface area contributed by atoms with Crippen molar-refractivity contribution >= 4 is 29.5 Å². The van der Waals surface area contributed by atoms with Gasteiger partial charge in [0.2, 0.25) is 0 Å². The maximum atomic E-state index is 12.7. The van der Waals surface area contributed by atoms with Crippen molar-refractivity contribution in [1.82, 2.24) is 0 Å². The highest BCUT2D eigenvalue weighted by Gasteiger charge is 2.27. The Morgan fingerprint density at radius 2 is 1.97 bits per heavy atom. The number of carbonyl (C=O) groups excluding carboxylic acids is 3. The predicted octanol–water partition coefficient (Wildman–Crippen LogP) is 5.55. The molecule has 2 atom stereocenters. The molecule has 1 aliphatic carbocycles. The van der Waals surface area contributed by atoms with Crippen LogP contribution in [0.15, 0.2) is 34.8 Å². The van der Waals surface area contributed by atoms with E-state index < -0.39 is 0 Å². The average molecular weight is 437 g/mol. The van der Waals surface area contributed by atoms with Crippen LogP contribution in [0.3, 0.4) is 0 Å². The fourth-order valence-corrected chi connectivity index (χ4v) is 3.95. The van der Waals surface area contributed by atoms with Gasteiger partial charge in [-0.2, -0.15) is 0 Å². The molecular formula is C24H36O5S. The minimum Gasteiger partial charge on any atom is -0.469 e. The van der Waals surface area contributed by atoms with E-state index in [1.807, 2.05) is 30.6 Å². The van der Waals surface area contributed by atoms with Crippen LogP contribution in [-0.4, -0.2) is 37.2 Å². The molecule has 0 heterocycles. The molecule has 0 radical (unpaired) electrons. The number of Topliss-reactive ketones (excluding diaryl/α,β-unsaturated/α-hetero) is 1. The Morgan fingerprint density at radius 1 is 1.20 bits per heavy atom. The van der Waals surface area contributed by atoms with Gasteiger partial charge in [0.05, 0.1) is 12.0 Å². The molecule has 0 aromatic heterocycles. The molecule has 0 amide bonds. The van der Waals surface area contributed by atoms with Gasteiger partial charge in [-0.05, 0) is 44.4 Å². The van der Waals surface area contributed by atoms with E-state index in [-0.39, 0.29) is 29.7 Å². The van der Waals surface area contributed by atoms with Crippen molar-refractivity contribution in [2.24, 2.45) is 5.92 Å². The second-order valence-corrected chi connectivity index (χ2v) is 8.30. The van der Waals surface area contributed by atoms with Gasteiger partial charge < -0.3 is 9.47 Å². The maximum Gasteiger partial charge on any atom is 0.305 e. The van der Waals surface area contributed by atoms with E-state index in [1.54, 1.807) is 0 Å². The number of hydrogen-bond acceptors (Lipinski definition) is 6. The first-order chi connectivity index (χ1) is 14.4. The highest BCUT2D eigenvalue weighted by molar-refractivity contribution is 8.03. The van der Waals surface area contributed by atoms with Crippen molar-refractivity contribution < 1.29 is 23.9 Å². The number of ether oxygens (including phenoxy) is 2. The molecule has 0 bridgehead atoms. The molecule has 0 saturated carbocycles. The molecule has 0 N–H and O–H groups in total. The molecule has 0 saturated heterocycles. The molecule has 168 valence electrons. The Kier molecular flexibility index (Phi) is 13.2. The third-order valence-electron chi connectivity index (χ3n) is 5.02. The third-order valence-corrected chi connectivity index (χ3v) is 5.78. The molecule has 0 fully saturated rings. The van der Waals surface area contributed by atoms with E-state index in [9.17, 15) is 14.4 Å². The van der Waals surface area contributed by atoms with Crippen LogP contribution in [0.2, 0.25) is 0 Å². The second-order valence-electron chi connectivity index (χ2n) is 7.45. The molecule has 0 aromatic rings. The summed E-state index contributed by atoms with van der Waals surface area (Å²) in [5, 5.41) is 0. The minimum absolute atomic E-state index is 0.0840. The lowest BCUT2D eigenvalue weighted by molar-refractivity contribution is -0.144. The predicted molar refractivity (Wildman–Crippen MR) is 122 cm³/mol. The lowest BCUT2D eigenvalue weighted by Gasteiger charge is -2.14. The SMILES string of the molecule is CCCCCC(C=CC1C=C(SC)C(=O)C1=CCCCCCC(=O)OC)OC(C)=O. The first kappa shape index (κ1) is 26.2. The molecule has 1 rings (SSSR count). The molecule has 6 heteroatoms. The molecule has 0 aromatic carbocycles. The summed E-state index contributed by atoms with van der Waals surface area (Å²) in [5.41, 5.74) is 0.790. The van der Waals surface area contributed by atoms with Crippen LogP contribution in [0.4, 0.5) is 0 Å². The third kappa shape index (κ3) is 9.79. The summed E-state index contributed by atoms with van der Waals surface area (Å²) in [7, 11) is 1.40. The van der Waals surface area contributed by atoms with E-state index in [0.29, 0.717) is 6.42 Å². The molecule has 0 aliphatic heterocycles. The largest absolute Gasteiger partial charge is 0.469 e. The molecule has 0 spiro atoms.